The second-order valence-electron chi connectivity index (χ2n) is 8.87. The molecule has 3 N–H and O–H groups in total. The van der Waals surface area contributed by atoms with E-state index in [0.29, 0.717) is 13.0 Å². The Morgan fingerprint density at radius 3 is 2.52 bits per heavy atom. The van der Waals surface area contributed by atoms with Gasteiger partial charge in [-0.3, -0.25) is 14.7 Å². The molecule has 0 aromatic heterocycles. The molecule has 1 amide bonds. The van der Waals surface area contributed by atoms with Crippen LogP contribution < -0.4 is 16.0 Å². The van der Waals surface area contributed by atoms with Crippen LogP contribution >= 0.6 is 0 Å². The number of para-hydroxylation sites is 1. The zero-order valence-corrected chi connectivity index (χ0v) is 19.6. The van der Waals surface area contributed by atoms with Gasteiger partial charge in [-0.15, -0.1) is 0 Å². The molecule has 176 valence electrons. The summed E-state index contributed by atoms with van der Waals surface area (Å²) in [7, 11) is 1.79. The van der Waals surface area contributed by atoms with Gasteiger partial charge in [-0.2, -0.15) is 0 Å². The number of hydrogen-bond acceptors (Lipinski definition) is 4. The van der Waals surface area contributed by atoms with Gasteiger partial charge in [0.2, 0.25) is 5.91 Å². The van der Waals surface area contributed by atoms with Gasteiger partial charge in [0.1, 0.15) is 0 Å². The van der Waals surface area contributed by atoms with E-state index in [1.165, 1.54) is 11.1 Å². The summed E-state index contributed by atoms with van der Waals surface area (Å²) >= 11 is 0. The molecule has 2 heterocycles. The first-order chi connectivity index (χ1) is 16.2. The molecule has 1 fully saturated rings. The number of piperazine rings is 1. The lowest BCUT2D eigenvalue weighted by molar-refractivity contribution is -0.116. The summed E-state index contributed by atoms with van der Waals surface area (Å²) in [5.41, 5.74) is 3.50. The van der Waals surface area contributed by atoms with Crippen molar-refractivity contribution in [1.29, 1.82) is 0 Å². The fraction of sp³-hybridized carbons (Fsp3) is 0.462. The average molecular weight is 449 g/mol. The highest BCUT2D eigenvalue weighted by molar-refractivity contribution is 5.94. The Hall–Kier alpha value is -2.90. The molecule has 0 radical (unpaired) electrons. The molecule has 33 heavy (non-hydrogen) atoms. The molecule has 0 bridgehead atoms. The lowest BCUT2D eigenvalue weighted by atomic mass is 9.90. The van der Waals surface area contributed by atoms with Gasteiger partial charge in [-0.25, -0.2) is 0 Å². The van der Waals surface area contributed by atoms with Gasteiger partial charge in [0.15, 0.2) is 5.96 Å². The molecule has 2 aliphatic heterocycles. The molecular formula is C26H36N6O. The van der Waals surface area contributed by atoms with E-state index < -0.39 is 0 Å². The number of anilines is 1. The lowest BCUT2D eigenvalue weighted by Crippen LogP contribution is -2.46. The van der Waals surface area contributed by atoms with Gasteiger partial charge in [-0.1, -0.05) is 48.5 Å². The first-order valence-corrected chi connectivity index (χ1v) is 12.0. The van der Waals surface area contributed by atoms with Crippen LogP contribution in [0.5, 0.6) is 0 Å². The number of carbonyl (C=O) groups is 1. The largest absolute Gasteiger partial charge is 0.356 e. The Bertz CT molecular complexity index is 923. The van der Waals surface area contributed by atoms with Crippen molar-refractivity contribution in [3.8, 4) is 0 Å². The highest BCUT2D eigenvalue weighted by atomic mass is 16.1. The van der Waals surface area contributed by atoms with Crippen molar-refractivity contribution in [3.05, 3.63) is 65.7 Å². The Morgan fingerprint density at radius 2 is 1.73 bits per heavy atom. The molecule has 0 spiro atoms. The van der Waals surface area contributed by atoms with Gasteiger partial charge in [0.05, 0.1) is 0 Å². The fourth-order valence-electron chi connectivity index (χ4n) is 4.65. The summed E-state index contributed by atoms with van der Waals surface area (Å²) in [6.45, 7) is 8.22. The lowest BCUT2D eigenvalue weighted by Gasteiger charge is -2.34. The molecule has 1 unspecified atom stereocenters. The summed E-state index contributed by atoms with van der Waals surface area (Å²) in [6.07, 6.45) is 1.57. The zero-order valence-electron chi connectivity index (χ0n) is 19.6. The number of nitrogens with zero attached hydrogens (tertiary/aromatic N) is 3. The molecule has 1 saturated heterocycles. The normalized spacial score (nSPS) is 19.6. The maximum absolute atomic E-state index is 12.0. The molecule has 0 aliphatic carbocycles. The number of fused-ring (bicyclic) bond motifs is 1. The number of benzene rings is 2. The third kappa shape index (κ3) is 6.79. The molecule has 0 saturated carbocycles. The first kappa shape index (κ1) is 23.3. The van der Waals surface area contributed by atoms with E-state index in [1.807, 2.05) is 18.2 Å². The van der Waals surface area contributed by atoms with Gasteiger partial charge in [-0.05, 0) is 30.2 Å². The first-order valence-electron chi connectivity index (χ1n) is 12.0. The van der Waals surface area contributed by atoms with Gasteiger partial charge < -0.3 is 20.9 Å². The van der Waals surface area contributed by atoms with Crippen LogP contribution in [0.15, 0.2) is 59.6 Å². The minimum atomic E-state index is 0.0762. The highest BCUT2D eigenvalue weighted by Gasteiger charge is 2.24. The van der Waals surface area contributed by atoms with Crippen LogP contribution in [0.2, 0.25) is 0 Å². The van der Waals surface area contributed by atoms with Crippen molar-refractivity contribution in [2.75, 3.05) is 58.2 Å². The maximum Gasteiger partial charge on any atom is 0.225 e. The van der Waals surface area contributed by atoms with Crippen LogP contribution in [-0.4, -0.2) is 74.5 Å². The number of carbonyl (C=O) groups excluding carboxylic acids is 1. The summed E-state index contributed by atoms with van der Waals surface area (Å²) < 4.78 is 0. The minimum absolute atomic E-state index is 0.0762. The number of aliphatic imine (C=N–C) groups is 1. The molecular weight excluding hydrogens is 412 g/mol. The topological polar surface area (TPSA) is 72.0 Å². The predicted octanol–water partition coefficient (Wildman–Crippen LogP) is 2.49. The van der Waals surface area contributed by atoms with Crippen LogP contribution in [0.4, 0.5) is 5.69 Å². The van der Waals surface area contributed by atoms with Crippen molar-refractivity contribution in [1.82, 2.24) is 20.4 Å². The van der Waals surface area contributed by atoms with Crippen molar-refractivity contribution in [2.24, 2.45) is 4.99 Å². The van der Waals surface area contributed by atoms with E-state index >= 15 is 0 Å². The minimum Gasteiger partial charge on any atom is -0.356 e. The molecule has 7 nitrogen and oxygen atoms in total. The quantitative estimate of drug-likeness (QED) is 0.329. The van der Waals surface area contributed by atoms with Crippen molar-refractivity contribution in [2.45, 2.75) is 25.3 Å². The summed E-state index contributed by atoms with van der Waals surface area (Å²) in [5, 5.41) is 9.79. The van der Waals surface area contributed by atoms with Gasteiger partial charge in [0, 0.05) is 70.9 Å². The Balaban J connectivity index is 1.13. The number of nitrogens with one attached hydrogen (secondary N) is 3. The number of amides is 1. The molecule has 2 aliphatic rings. The van der Waals surface area contributed by atoms with Gasteiger partial charge >= 0.3 is 0 Å². The molecule has 1 atom stereocenters. The number of guanidine groups is 1. The second kappa shape index (κ2) is 11.8. The third-order valence-corrected chi connectivity index (χ3v) is 6.50. The zero-order chi connectivity index (χ0) is 22.9. The van der Waals surface area contributed by atoms with Crippen molar-refractivity contribution in [3.63, 3.8) is 0 Å². The van der Waals surface area contributed by atoms with E-state index in [0.717, 1.165) is 63.9 Å². The van der Waals surface area contributed by atoms with Crippen molar-refractivity contribution >= 4 is 17.6 Å². The standard InChI is InChI=1S/C26H36N6O/c1-27-26(29-19-22-18-25(33)30-24-11-6-5-10-23(22)24)28-12-7-13-31-14-16-32(17-15-31)20-21-8-3-2-4-9-21/h2-6,8-11,22H,7,12-20H2,1H3,(H,30,33)(H2,27,28,29). The SMILES string of the molecule is CN=C(NCCCN1CCN(Cc2ccccc2)CC1)NCC1CC(=O)Nc2ccccc21. The molecule has 2 aromatic rings. The summed E-state index contributed by atoms with van der Waals surface area (Å²) in [4.78, 5) is 21.5. The summed E-state index contributed by atoms with van der Waals surface area (Å²) in [5.74, 6) is 1.03. The fourth-order valence-corrected chi connectivity index (χ4v) is 4.65. The average Bonchev–Trinajstić information content (AvgIpc) is 2.85. The Labute approximate surface area is 197 Å². The van der Waals surface area contributed by atoms with Crippen LogP contribution in [0.3, 0.4) is 0 Å². The maximum atomic E-state index is 12.0. The molecule has 4 rings (SSSR count). The van der Waals surface area contributed by atoms with Gasteiger partial charge in [0.25, 0.3) is 0 Å². The van der Waals surface area contributed by atoms with Crippen molar-refractivity contribution < 1.29 is 4.79 Å². The second-order valence-corrected chi connectivity index (χ2v) is 8.87. The van der Waals surface area contributed by atoms with E-state index in [1.54, 1.807) is 7.05 Å². The van der Waals surface area contributed by atoms with Crippen LogP contribution in [0, 0.1) is 0 Å². The van der Waals surface area contributed by atoms with E-state index in [-0.39, 0.29) is 11.8 Å². The van der Waals surface area contributed by atoms with E-state index in [4.69, 9.17) is 0 Å². The number of rotatable bonds is 8. The van der Waals surface area contributed by atoms with E-state index in [9.17, 15) is 4.79 Å². The summed E-state index contributed by atoms with van der Waals surface area (Å²) in [6, 6.07) is 18.8. The molecule has 2 aromatic carbocycles. The Kier molecular flexibility index (Phi) is 8.33. The Morgan fingerprint density at radius 1 is 1.00 bits per heavy atom. The van der Waals surface area contributed by atoms with E-state index in [2.05, 4.69) is 67.1 Å². The van der Waals surface area contributed by atoms with Crippen LogP contribution in [0.25, 0.3) is 0 Å². The predicted molar refractivity (Wildman–Crippen MR) is 135 cm³/mol. The monoisotopic (exact) mass is 448 g/mol. The van der Waals surface area contributed by atoms with Crippen LogP contribution in [-0.2, 0) is 11.3 Å². The van der Waals surface area contributed by atoms with Crippen LogP contribution in [0.1, 0.15) is 29.9 Å². The molecule has 7 heteroatoms. The number of hydrogen-bond donors (Lipinski definition) is 3. The highest BCUT2D eigenvalue weighted by Crippen LogP contribution is 2.31. The third-order valence-electron chi connectivity index (χ3n) is 6.50. The smallest absolute Gasteiger partial charge is 0.225 e.